The Morgan fingerprint density at radius 2 is 1.56 bits per heavy atom. The molecule has 1 aromatic heterocycles. The van der Waals surface area contributed by atoms with Crippen LogP contribution < -0.4 is 4.90 Å². The molecule has 0 fully saturated rings. The maximum atomic E-state index is 14.4. The van der Waals surface area contributed by atoms with Gasteiger partial charge >= 0.3 is 0 Å². The molecule has 0 aliphatic heterocycles. The summed E-state index contributed by atoms with van der Waals surface area (Å²) in [5.74, 6) is 0.477. The number of halogens is 1. The van der Waals surface area contributed by atoms with Crippen LogP contribution in [0.4, 0.5) is 10.1 Å². The molecule has 4 aromatic carbocycles. The first-order valence-corrected chi connectivity index (χ1v) is 12.6. The summed E-state index contributed by atoms with van der Waals surface area (Å²) < 4.78 is 16.3. The highest BCUT2D eigenvalue weighted by molar-refractivity contribution is 6.09. The number of anilines is 1. The van der Waals surface area contributed by atoms with Gasteiger partial charge in [-0.2, -0.15) is 5.26 Å². The van der Waals surface area contributed by atoms with Gasteiger partial charge in [0.25, 0.3) is 0 Å². The molecule has 0 aliphatic carbocycles. The summed E-state index contributed by atoms with van der Waals surface area (Å²) in [7, 11) is 0. The Hall–Kier alpha value is -5.09. The van der Waals surface area contributed by atoms with E-state index >= 15 is 0 Å². The van der Waals surface area contributed by atoms with E-state index in [4.69, 9.17) is 5.26 Å². The molecule has 0 saturated carbocycles. The topological polar surface area (TPSA) is 74.8 Å². The standard InChI is InChI=1S/C32H26FN5O/c33-30-9-5-4-6-26(30)18-19-37(29-16-14-28(15-17-29)32(39)27-7-2-1-3-8-27)22-31-36-35-23-38(31)21-25-12-10-24(20-34)11-13-25/h1-17,23H,18-19,21-22H2. The normalized spacial score (nSPS) is 10.7. The van der Waals surface area contributed by atoms with Gasteiger partial charge in [-0.1, -0.05) is 60.7 Å². The van der Waals surface area contributed by atoms with Gasteiger partial charge in [-0.3, -0.25) is 4.79 Å². The number of hydrogen-bond donors (Lipinski definition) is 0. The van der Waals surface area contributed by atoms with Crippen LogP contribution in [0.5, 0.6) is 0 Å². The summed E-state index contributed by atoms with van der Waals surface area (Å²) in [6.07, 6.45) is 2.19. The molecule has 0 spiro atoms. The second-order valence-electron chi connectivity index (χ2n) is 9.19. The van der Waals surface area contributed by atoms with Crippen molar-refractivity contribution in [2.45, 2.75) is 19.5 Å². The molecule has 5 rings (SSSR count). The van der Waals surface area contributed by atoms with Crippen LogP contribution in [0.2, 0.25) is 0 Å². The van der Waals surface area contributed by atoms with Gasteiger partial charge in [-0.15, -0.1) is 10.2 Å². The maximum Gasteiger partial charge on any atom is 0.193 e. The predicted octanol–water partition coefficient (Wildman–Crippen LogP) is 5.82. The average molecular weight is 516 g/mol. The molecular weight excluding hydrogens is 489 g/mol. The first kappa shape index (κ1) is 25.6. The van der Waals surface area contributed by atoms with Gasteiger partial charge < -0.3 is 9.47 Å². The van der Waals surface area contributed by atoms with Gasteiger partial charge in [-0.05, 0) is 60.0 Å². The number of nitrogens with zero attached hydrogens (tertiary/aromatic N) is 5. The largest absolute Gasteiger partial charge is 0.364 e. The highest BCUT2D eigenvalue weighted by Crippen LogP contribution is 2.21. The summed E-state index contributed by atoms with van der Waals surface area (Å²) in [6, 6.07) is 33.0. The van der Waals surface area contributed by atoms with Gasteiger partial charge in [0.1, 0.15) is 12.1 Å². The van der Waals surface area contributed by atoms with E-state index in [0.717, 1.165) is 17.1 Å². The van der Waals surface area contributed by atoms with Gasteiger partial charge in [0.2, 0.25) is 0 Å². The first-order valence-electron chi connectivity index (χ1n) is 12.6. The number of aromatic nitrogens is 3. The van der Waals surface area contributed by atoms with Crippen molar-refractivity contribution in [3.63, 3.8) is 0 Å². The lowest BCUT2D eigenvalue weighted by molar-refractivity contribution is 0.103. The smallest absolute Gasteiger partial charge is 0.193 e. The number of rotatable bonds is 10. The third-order valence-corrected chi connectivity index (χ3v) is 6.60. The molecule has 0 radical (unpaired) electrons. The van der Waals surface area contributed by atoms with Crippen molar-refractivity contribution in [3.8, 4) is 6.07 Å². The average Bonchev–Trinajstić information content (AvgIpc) is 3.42. The molecule has 5 aromatic rings. The van der Waals surface area contributed by atoms with Gasteiger partial charge in [0.15, 0.2) is 11.6 Å². The first-order chi connectivity index (χ1) is 19.1. The Morgan fingerprint density at radius 1 is 0.872 bits per heavy atom. The quantitative estimate of drug-likeness (QED) is 0.219. The molecule has 0 bridgehead atoms. The second kappa shape index (κ2) is 12.0. The summed E-state index contributed by atoms with van der Waals surface area (Å²) in [4.78, 5) is 15.0. The number of carbonyl (C=O) groups excluding carboxylic acids is 1. The molecule has 7 heteroatoms. The van der Waals surface area contributed by atoms with Crippen LogP contribution in [-0.2, 0) is 19.5 Å². The number of carbonyl (C=O) groups is 1. The number of nitriles is 1. The summed E-state index contributed by atoms with van der Waals surface area (Å²) in [5, 5.41) is 17.6. The van der Waals surface area contributed by atoms with Crippen molar-refractivity contribution < 1.29 is 9.18 Å². The van der Waals surface area contributed by atoms with Crippen molar-refractivity contribution in [3.05, 3.63) is 149 Å². The van der Waals surface area contributed by atoms with Crippen molar-refractivity contribution in [1.82, 2.24) is 14.8 Å². The Morgan fingerprint density at radius 3 is 2.28 bits per heavy atom. The van der Waals surface area contributed by atoms with E-state index in [-0.39, 0.29) is 11.6 Å². The Labute approximate surface area is 226 Å². The second-order valence-corrected chi connectivity index (χ2v) is 9.19. The molecule has 1 heterocycles. The summed E-state index contributed by atoms with van der Waals surface area (Å²) >= 11 is 0. The minimum absolute atomic E-state index is 0.0396. The van der Waals surface area contributed by atoms with E-state index in [9.17, 15) is 9.18 Å². The van der Waals surface area contributed by atoms with Crippen LogP contribution in [-0.4, -0.2) is 27.1 Å². The molecule has 0 unspecified atom stereocenters. The van der Waals surface area contributed by atoms with Crippen molar-refractivity contribution in [1.29, 1.82) is 5.26 Å². The minimum Gasteiger partial charge on any atom is -0.364 e. The lowest BCUT2D eigenvalue weighted by Crippen LogP contribution is -2.27. The molecular formula is C32H26FN5O. The number of ketones is 1. The van der Waals surface area contributed by atoms with Crippen molar-refractivity contribution >= 4 is 11.5 Å². The zero-order chi connectivity index (χ0) is 27.0. The maximum absolute atomic E-state index is 14.4. The molecule has 6 nitrogen and oxygen atoms in total. The number of hydrogen-bond acceptors (Lipinski definition) is 5. The fraction of sp³-hybridized carbons (Fsp3) is 0.125. The zero-order valence-corrected chi connectivity index (χ0v) is 21.2. The van der Waals surface area contributed by atoms with Crippen LogP contribution in [0.25, 0.3) is 0 Å². The van der Waals surface area contributed by atoms with Crippen molar-refractivity contribution in [2.75, 3.05) is 11.4 Å². The van der Waals surface area contributed by atoms with Crippen LogP contribution in [0.3, 0.4) is 0 Å². The van der Waals surface area contributed by atoms with E-state index in [0.29, 0.717) is 48.3 Å². The molecule has 39 heavy (non-hydrogen) atoms. The SMILES string of the molecule is N#Cc1ccc(Cn2cnnc2CN(CCc2ccccc2F)c2ccc(C(=O)c3ccccc3)cc2)cc1. The number of benzene rings is 4. The van der Waals surface area contributed by atoms with Crippen LogP contribution in [0.1, 0.15) is 38.4 Å². The summed E-state index contributed by atoms with van der Waals surface area (Å²) in [5.41, 5.74) is 4.40. The van der Waals surface area contributed by atoms with Crippen LogP contribution in [0.15, 0.2) is 109 Å². The summed E-state index contributed by atoms with van der Waals surface area (Å²) in [6.45, 7) is 1.53. The fourth-order valence-corrected chi connectivity index (χ4v) is 4.42. The molecule has 192 valence electrons. The molecule has 0 atom stereocenters. The highest BCUT2D eigenvalue weighted by atomic mass is 19.1. The highest BCUT2D eigenvalue weighted by Gasteiger charge is 2.15. The van der Waals surface area contributed by atoms with Crippen LogP contribution >= 0.6 is 0 Å². The van der Waals surface area contributed by atoms with Crippen LogP contribution in [0, 0.1) is 17.1 Å². The van der Waals surface area contributed by atoms with Crippen molar-refractivity contribution in [2.24, 2.45) is 0 Å². The molecule has 0 aliphatic rings. The molecule has 0 amide bonds. The Bertz CT molecular complexity index is 1590. The third-order valence-electron chi connectivity index (χ3n) is 6.60. The van der Waals surface area contributed by atoms with E-state index in [1.54, 1.807) is 42.7 Å². The predicted molar refractivity (Wildman–Crippen MR) is 148 cm³/mol. The Kier molecular flexibility index (Phi) is 7.84. The van der Waals surface area contributed by atoms with Gasteiger partial charge in [-0.25, -0.2) is 4.39 Å². The monoisotopic (exact) mass is 515 g/mol. The minimum atomic E-state index is -0.231. The zero-order valence-electron chi connectivity index (χ0n) is 21.2. The third kappa shape index (κ3) is 6.25. The van der Waals surface area contributed by atoms with E-state index in [1.807, 2.05) is 65.2 Å². The van der Waals surface area contributed by atoms with Gasteiger partial charge in [0, 0.05) is 23.4 Å². The molecule has 0 saturated heterocycles. The molecule has 0 N–H and O–H groups in total. The van der Waals surface area contributed by atoms with E-state index in [2.05, 4.69) is 21.2 Å². The van der Waals surface area contributed by atoms with E-state index < -0.39 is 0 Å². The van der Waals surface area contributed by atoms with Gasteiger partial charge in [0.05, 0.1) is 24.7 Å². The lowest BCUT2D eigenvalue weighted by Gasteiger charge is -2.25. The van der Waals surface area contributed by atoms with E-state index in [1.165, 1.54) is 6.07 Å². The lowest BCUT2D eigenvalue weighted by atomic mass is 10.0. The Balaban J connectivity index is 1.38. The fourth-order valence-electron chi connectivity index (χ4n) is 4.42.